The van der Waals surface area contributed by atoms with E-state index < -0.39 is 0 Å². The van der Waals surface area contributed by atoms with Crippen LogP contribution < -0.4 is 10.6 Å². The number of pyridine rings is 1. The van der Waals surface area contributed by atoms with Gasteiger partial charge in [0, 0.05) is 31.4 Å². The molecule has 0 bridgehead atoms. The average molecular weight is 264 g/mol. The van der Waals surface area contributed by atoms with Gasteiger partial charge in [0.2, 0.25) is 0 Å². The normalized spacial score (nSPS) is 12.6. The number of carbonyl (C=O) groups excluding carboxylic acids is 1. The van der Waals surface area contributed by atoms with Gasteiger partial charge in [-0.1, -0.05) is 13.8 Å². The maximum atomic E-state index is 12.2. The summed E-state index contributed by atoms with van der Waals surface area (Å²) in [5, 5.41) is 6.01. The van der Waals surface area contributed by atoms with Crippen LogP contribution in [0.5, 0.6) is 0 Å². The van der Waals surface area contributed by atoms with Crippen LogP contribution in [0.2, 0.25) is 0 Å². The molecule has 1 aromatic rings. The highest BCUT2D eigenvalue weighted by Crippen LogP contribution is 2.08. The number of hydrogen-bond donors (Lipinski definition) is 2. The summed E-state index contributed by atoms with van der Waals surface area (Å²) in [6.45, 7) is 5.05. The van der Waals surface area contributed by atoms with Crippen molar-refractivity contribution >= 4 is 11.7 Å². The summed E-state index contributed by atoms with van der Waals surface area (Å²) in [7, 11) is 5.80. The molecule has 2 N–H and O–H groups in total. The fourth-order valence-electron chi connectivity index (χ4n) is 1.78. The van der Waals surface area contributed by atoms with Gasteiger partial charge in [0.1, 0.15) is 5.82 Å². The van der Waals surface area contributed by atoms with E-state index in [9.17, 15) is 4.79 Å². The fourth-order valence-corrected chi connectivity index (χ4v) is 1.78. The molecule has 0 saturated carbocycles. The summed E-state index contributed by atoms with van der Waals surface area (Å²) in [4.78, 5) is 18.4. The van der Waals surface area contributed by atoms with Crippen LogP contribution >= 0.6 is 0 Å². The molecule has 1 atom stereocenters. The molecule has 0 aromatic carbocycles. The van der Waals surface area contributed by atoms with Crippen LogP contribution in [0, 0.1) is 5.92 Å². The van der Waals surface area contributed by atoms with E-state index in [1.54, 1.807) is 25.4 Å². The van der Waals surface area contributed by atoms with Gasteiger partial charge in [-0.05, 0) is 32.1 Å². The Morgan fingerprint density at radius 3 is 2.63 bits per heavy atom. The second-order valence-electron chi connectivity index (χ2n) is 5.27. The topological polar surface area (TPSA) is 57.3 Å². The van der Waals surface area contributed by atoms with Crippen molar-refractivity contribution in [3.8, 4) is 0 Å². The van der Waals surface area contributed by atoms with E-state index in [0.29, 0.717) is 17.3 Å². The van der Waals surface area contributed by atoms with E-state index in [1.807, 2.05) is 14.1 Å². The molecule has 1 unspecified atom stereocenters. The predicted octanol–water partition coefficient (Wildman–Crippen LogP) is 1.44. The molecule has 1 heterocycles. The zero-order valence-corrected chi connectivity index (χ0v) is 12.4. The number of aromatic nitrogens is 1. The smallest absolute Gasteiger partial charge is 0.251 e. The number of nitrogens with one attached hydrogen (secondary N) is 2. The molecule has 19 heavy (non-hydrogen) atoms. The molecule has 0 spiro atoms. The summed E-state index contributed by atoms with van der Waals surface area (Å²) in [6.07, 6.45) is 1.64. The van der Waals surface area contributed by atoms with Gasteiger partial charge in [0.05, 0.1) is 0 Å². The predicted molar refractivity (Wildman–Crippen MR) is 78.4 cm³/mol. The van der Waals surface area contributed by atoms with Crippen molar-refractivity contribution in [2.75, 3.05) is 33.0 Å². The lowest BCUT2D eigenvalue weighted by Crippen LogP contribution is -2.45. The number of anilines is 1. The number of amides is 1. The molecular formula is C14H24N4O. The molecule has 0 aliphatic carbocycles. The third-order valence-corrected chi connectivity index (χ3v) is 2.96. The maximum Gasteiger partial charge on any atom is 0.251 e. The molecule has 0 aliphatic rings. The minimum atomic E-state index is -0.0561. The molecule has 5 heteroatoms. The second-order valence-corrected chi connectivity index (χ2v) is 5.27. The molecule has 0 aliphatic heterocycles. The Hall–Kier alpha value is -1.62. The van der Waals surface area contributed by atoms with Gasteiger partial charge in [-0.15, -0.1) is 0 Å². The van der Waals surface area contributed by atoms with E-state index in [4.69, 9.17) is 0 Å². The van der Waals surface area contributed by atoms with E-state index in [-0.39, 0.29) is 11.9 Å². The van der Waals surface area contributed by atoms with Crippen molar-refractivity contribution in [1.82, 2.24) is 15.2 Å². The Kier molecular flexibility index (Phi) is 5.76. The van der Waals surface area contributed by atoms with Gasteiger partial charge in [-0.2, -0.15) is 0 Å². The molecular weight excluding hydrogens is 240 g/mol. The summed E-state index contributed by atoms with van der Waals surface area (Å²) in [5.41, 5.74) is 0.628. The summed E-state index contributed by atoms with van der Waals surface area (Å²) >= 11 is 0. The standard InChI is InChI=1S/C14H24N4O/c1-10(2)12(9-18(4)5)17-14(19)11-6-7-16-13(8-11)15-3/h6-8,10,12H,9H2,1-5H3,(H,15,16)(H,17,19). The van der Waals surface area contributed by atoms with Crippen LogP contribution in [0.25, 0.3) is 0 Å². The van der Waals surface area contributed by atoms with E-state index in [0.717, 1.165) is 6.54 Å². The van der Waals surface area contributed by atoms with Crippen molar-refractivity contribution in [3.05, 3.63) is 23.9 Å². The Bertz CT molecular complexity index is 418. The number of likely N-dealkylation sites (N-methyl/N-ethyl adjacent to an activating group) is 1. The molecule has 5 nitrogen and oxygen atoms in total. The molecule has 1 aromatic heterocycles. The van der Waals surface area contributed by atoms with Crippen molar-refractivity contribution < 1.29 is 4.79 Å². The quantitative estimate of drug-likeness (QED) is 0.816. The van der Waals surface area contributed by atoms with Gasteiger partial charge in [0.15, 0.2) is 0 Å². The third-order valence-electron chi connectivity index (χ3n) is 2.96. The highest BCUT2D eigenvalue weighted by molar-refractivity contribution is 5.95. The third kappa shape index (κ3) is 4.87. The largest absolute Gasteiger partial charge is 0.373 e. The zero-order valence-electron chi connectivity index (χ0n) is 12.4. The maximum absolute atomic E-state index is 12.2. The van der Waals surface area contributed by atoms with Gasteiger partial charge in [0.25, 0.3) is 5.91 Å². The first-order valence-electron chi connectivity index (χ1n) is 6.53. The van der Waals surface area contributed by atoms with Crippen molar-refractivity contribution in [1.29, 1.82) is 0 Å². The lowest BCUT2D eigenvalue weighted by molar-refractivity contribution is 0.0916. The molecule has 0 saturated heterocycles. The SMILES string of the molecule is CNc1cc(C(=O)NC(CN(C)C)C(C)C)ccn1. The van der Waals surface area contributed by atoms with Crippen molar-refractivity contribution in [2.24, 2.45) is 5.92 Å². The highest BCUT2D eigenvalue weighted by atomic mass is 16.1. The molecule has 1 amide bonds. The van der Waals surface area contributed by atoms with Crippen LogP contribution in [0.4, 0.5) is 5.82 Å². The van der Waals surface area contributed by atoms with Crippen LogP contribution in [-0.4, -0.2) is 49.5 Å². The van der Waals surface area contributed by atoms with Crippen molar-refractivity contribution in [3.63, 3.8) is 0 Å². The summed E-state index contributed by atoms with van der Waals surface area (Å²) in [5.74, 6) is 1.03. The number of rotatable bonds is 6. The van der Waals surface area contributed by atoms with Gasteiger partial charge >= 0.3 is 0 Å². The van der Waals surface area contributed by atoms with Crippen LogP contribution in [0.15, 0.2) is 18.3 Å². The Morgan fingerprint density at radius 2 is 2.11 bits per heavy atom. The lowest BCUT2D eigenvalue weighted by Gasteiger charge is -2.25. The average Bonchev–Trinajstić information content (AvgIpc) is 2.37. The molecule has 0 fully saturated rings. The van der Waals surface area contributed by atoms with Crippen LogP contribution in [0.1, 0.15) is 24.2 Å². The second kappa shape index (κ2) is 7.09. The Balaban J connectivity index is 2.75. The van der Waals surface area contributed by atoms with E-state index >= 15 is 0 Å². The van der Waals surface area contributed by atoms with Crippen LogP contribution in [-0.2, 0) is 0 Å². The van der Waals surface area contributed by atoms with Crippen molar-refractivity contribution in [2.45, 2.75) is 19.9 Å². The lowest BCUT2D eigenvalue weighted by atomic mass is 10.0. The van der Waals surface area contributed by atoms with Crippen LogP contribution in [0.3, 0.4) is 0 Å². The van der Waals surface area contributed by atoms with Gasteiger partial charge < -0.3 is 15.5 Å². The molecule has 106 valence electrons. The molecule has 1 rings (SSSR count). The van der Waals surface area contributed by atoms with E-state index in [1.165, 1.54) is 0 Å². The number of hydrogen-bond acceptors (Lipinski definition) is 4. The zero-order chi connectivity index (χ0) is 14.4. The van der Waals surface area contributed by atoms with E-state index in [2.05, 4.69) is 34.4 Å². The number of carbonyl (C=O) groups is 1. The van der Waals surface area contributed by atoms with Gasteiger partial charge in [-0.3, -0.25) is 4.79 Å². The first-order chi connectivity index (χ1) is 8.93. The minimum Gasteiger partial charge on any atom is -0.373 e. The first kappa shape index (κ1) is 15.4. The number of nitrogens with zero attached hydrogens (tertiary/aromatic N) is 2. The summed E-state index contributed by atoms with van der Waals surface area (Å²) in [6, 6.07) is 3.61. The fraction of sp³-hybridized carbons (Fsp3) is 0.571. The molecule has 0 radical (unpaired) electrons. The minimum absolute atomic E-state index is 0.0561. The first-order valence-corrected chi connectivity index (χ1v) is 6.53. The summed E-state index contributed by atoms with van der Waals surface area (Å²) < 4.78 is 0. The highest BCUT2D eigenvalue weighted by Gasteiger charge is 2.18. The monoisotopic (exact) mass is 264 g/mol. The van der Waals surface area contributed by atoms with Gasteiger partial charge in [-0.25, -0.2) is 4.98 Å². The Labute approximate surface area is 115 Å². The Morgan fingerprint density at radius 1 is 1.42 bits per heavy atom.